The van der Waals surface area contributed by atoms with Crippen molar-refractivity contribution in [1.29, 1.82) is 0 Å². The van der Waals surface area contributed by atoms with E-state index in [2.05, 4.69) is 11.9 Å². The number of amides is 1. The highest BCUT2D eigenvalue weighted by Gasteiger charge is 2.34. The number of rotatable bonds is 22. The maximum Gasteiger partial charge on any atom is 0.263 e. The van der Waals surface area contributed by atoms with Crippen LogP contribution in [0.1, 0.15) is 129 Å². The molecule has 1 amide bonds. The molecule has 2 rings (SSSR count). The van der Waals surface area contributed by atoms with Crippen molar-refractivity contribution in [2.45, 2.75) is 136 Å². The van der Waals surface area contributed by atoms with Gasteiger partial charge in [0.15, 0.2) is 0 Å². The van der Waals surface area contributed by atoms with Crippen molar-refractivity contribution in [2.75, 3.05) is 19.6 Å². The van der Waals surface area contributed by atoms with Gasteiger partial charge in [0.2, 0.25) is 5.11 Å². The quantitative estimate of drug-likeness (QED) is 0.0804. The molecule has 2 atom stereocenters. The first kappa shape index (κ1) is 36.1. The standard InChI is InChI=1S/C35H57N3O3S/c1-4-5-6-7-8-9-10-11-12-13-14-15-16-17-18-22-25-37(27-29(2)39)33-32(26-31-23-20-19-21-24-31)34(41)38(28-30(3)40)35(42)36-33/h19-21,23-24,26,29-30,39-40H,4-18,22,25,27-28H2,1-3H3/b32-26-. The highest BCUT2D eigenvalue weighted by molar-refractivity contribution is 7.80. The van der Waals surface area contributed by atoms with E-state index in [1.807, 2.05) is 41.3 Å². The Morgan fingerprint density at radius 3 is 1.79 bits per heavy atom. The van der Waals surface area contributed by atoms with Crippen LogP contribution in [-0.4, -0.2) is 68.7 Å². The van der Waals surface area contributed by atoms with Crippen molar-refractivity contribution in [3.05, 3.63) is 41.5 Å². The first-order valence-corrected chi connectivity index (χ1v) is 17.1. The summed E-state index contributed by atoms with van der Waals surface area (Å²) in [5, 5.41) is 20.4. The largest absolute Gasteiger partial charge is 0.392 e. The molecule has 1 heterocycles. The Hall–Kier alpha value is -2.09. The minimum atomic E-state index is -0.722. The van der Waals surface area contributed by atoms with Gasteiger partial charge in [-0.3, -0.25) is 9.69 Å². The fourth-order valence-electron chi connectivity index (χ4n) is 5.50. The summed E-state index contributed by atoms with van der Waals surface area (Å²) in [6.45, 7) is 6.82. The third-order valence-electron chi connectivity index (χ3n) is 7.77. The zero-order chi connectivity index (χ0) is 30.6. The number of aliphatic hydroxyl groups excluding tert-OH is 2. The normalized spacial score (nSPS) is 16.2. The van der Waals surface area contributed by atoms with Gasteiger partial charge in [-0.05, 0) is 44.1 Å². The summed E-state index contributed by atoms with van der Waals surface area (Å²) in [7, 11) is 0. The van der Waals surface area contributed by atoms with E-state index in [9.17, 15) is 15.0 Å². The molecule has 1 aromatic carbocycles. The molecule has 0 fully saturated rings. The molecule has 0 saturated carbocycles. The molecule has 0 spiro atoms. The van der Waals surface area contributed by atoms with Gasteiger partial charge in [0.05, 0.1) is 24.3 Å². The molecule has 0 bridgehead atoms. The number of benzene rings is 1. The molecule has 42 heavy (non-hydrogen) atoms. The van der Waals surface area contributed by atoms with Crippen LogP contribution in [0.15, 0.2) is 40.9 Å². The van der Waals surface area contributed by atoms with Crippen LogP contribution in [0.4, 0.5) is 0 Å². The zero-order valence-corrected chi connectivity index (χ0v) is 27.4. The molecule has 0 aliphatic carbocycles. The number of carbonyl (C=O) groups is 1. The highest BCUT2D eigenvalue weighted by atomic mass is 32.1. The second kappa shape index (κ2) is 21.6. The summed E-state index contributed by atoms with van der Waals surface area (Å²) in [5.41, 5.74) is 1.32. The van der Waals surface area contributed by atoms with E-state index < -0.39 is 12.2 Å². The predicted molar refractivity (Wildman–Crippen MR) is 181 cm³/mol. The molecule has 1 aliphatic rings. The fourth-order valence-corrected chi connectivity index (χ4v) is 5.74. The Balaban J connectivity index is 1.83. The predicted octanol–water partition coefficient (Wildman–Crippen LogP) is 7.92. The van der Waals surface area contributed by atoms with Crippen LogP contribution in [0.3, 0.4) is 0 Å². The topological polar surface area (TPSA) is 76.4 Å². The van der Waals surface area contributed by atoms with Gasteiger partial charge in [-0.15, -0.1) is 0 Å². The Labute approximate surface area is 261 Å². The number of aliphatic hydroxyl groups is 2. The Kier molecular flexibility index (Phi) is 18.5. The molecule has 2 N–H and O–H groups in total. The number of thiocarbonyl (C=S) groups is 1. The lowest BCUT2D eigenvalue weighted by Crippen LogP contribution is -2.50. The van der Waals surface area contributed by atoms with Crippen molar-refractivity contribution >= 4 is 35.1 Å². The average Bonchev–Trinajstić information content (AvgIpc) is 2.96. The Morgan fingerprint density at radius 2 is 1.31 bits per heavy atom. The van der Waals surface area contributed by atoms with Crippen LogP contribution in [0.5, 0.6) is 0 Å². The third-order valence-corrected chi connectivity index (χ3v) is 8.08. The summed E-state index contributed by atoms with van der Waals surface area (Å²) < 4.78 is 0. The molecule has 236 valence electrons. The summed E-state index contributed by atoms with van der Waals surface area (Å²) in [6, 6.07) is 9.68. The number of hydrogen-bond donors (Lipinski definition) is 2. The molecule has 6 nitrogen and oxygen atoms in total. The highest BCUT2D eigenvalue weighted by Crippen LogP contribution is 2.22. The Bertz CT molecular complexity index is 961. The number of nitrogens with zero attached hydrogens (tertiary/aromatic N) is 3. The molecule has 0 saturated heterocycles. The van der Waals surface area contributed by atoms with Crippen LogP contribution < -0.4 is 0 Å². The number of aliphatic imine (C=N–C) groups is 1. The second-order valence-corrected chi connectivity index (χ2v) is 12.4. The van der Waals surface area contributed by atoms with Gasteiger partial charge in [0.1, 0.15) is 5.84 Å². The molecular formula is C35H57N3O3S. The van der Waals surface area contributed by atoms with E-state index >= 15 is 0 Å². The van der Waals surface area contributed by atoms with Crippen molar-refractivity contribution in [3.63, 3.8) is 0 Å². The van der Waals surface area contributed by atoms with Crippen LogP contribution >= 0.6 is 12.2 Å². The van der Waals surface area contributed by atoms with E-state index in [0.29, 0.717) is 24.5 Å². The molecule has 0 radical (unpaired) electrons. The SMILES string of the molecule is CCCCCCCCCCCCCCCCCCN(CC(C)O)C1=NC(=S)N(CC(C)O)C(=O)/C1=C\c1ccccc1. The first-order chi connectivity index (χ1) is 20.3. The summed E-state index contributed by atoms with van der Waals surface area (Å²) in [6.07, 6.45) is 21.6. The van der Waals surface area contributed by atoms with E-state index in [0.717, 1.165) is 18.4 Å². The lowest BCUT2D eigenvalue weighted by atomic mass is 10.0. The number of unbranched alkanes of at least 4 members (excludes halogenated alkanes) is 15. The number of β-amino-alcohol motifs (C(OH)–C–C–N with tert-alkyl or cyclic N) is 1. The molecular weight excluding hydrogens is 542 g/mol. The average molecular weight is 600 g/mol. The van der Waals surface area contributed by atoms with Crippen LogP contribution in [0.25, 0.3) is 6.08 Å². The van der Waals surface area contributed by atoms with Crippen LogP contribution in [0.2, 0.25) is 0 Å². The number of amidine groups is 1. The van der Waals surface area contributed by atoms with E-state index in [1.165, 1.54) is 94.8 Å². The summed E-state index contributed by atoms with van der Waals surface area (Å²) >= 11 is 5.49. The first-order valence-electron chi connectivity index (χ1n) is 16.7. The zero-order valence-electron chi connectivity index (χ0n) is 26.6. The van der Waals surface area contributed by atoms with Gasteiger partial charge >= 0.3 is 0 Å². The maximum absolute atomic E-state index is 13.6. The van der Waals surface area contributed by atoms with Gasteiger partial charge in [-0.1, -0.05) is 134 Å². The number of hydrogen-bond acceptors (Lipinski definition) is 5. The van der Waals surface area contributed by atoms with Gasteiger partial charge in [0, 0.05) is 13.1 Å². The van der Waals surface area contributed by atoms with Crippen molar-refractivity contribution < 1.29 is 15.0 Å². The van der Waals surface area contributed by atoms with E-state index in [4.69, 9.17) is 12.2 Å². The minimum Gasteiger partial charge on any atom is -0.392 e. The monoisotopic (exact) mass is 599 g/mol. The molecule has 7 heteroatoms. The second-order valence-electron chi connectivity index (χ2n) is 12.0. The summed E-state index contributed by atoms with van der Waals surface area (Å²) in [4.78, 5) is 21.6. The Morgan fingerprint density at radius 1 is 0.810 bits per heavy atom. The van der Waals surface area contributed by atoms with Gasteiger partial charge < -0.3 is 15.1 Å². The van der Waals surface area contributed by atoms with Gasteiger partial charge in [-0.25, -0.2) is 4.99 Å². The fraction of sp³-hybridized carbons (Fsp3) is 0.686. The van der Waals surface area contributed by atoms with Crippen LogP contribution in [-0.2, 0) is 4.79 Å². The van der Waals surface area contributed by atoms with E-state index in [-0.39, 0.29) is 17.6 Å². The third kappa shape index (κ3) is 14.4. The van der Waals surface area contributed by atoms with Crippen molar-refractivity contribution in [2.24, 2.45) is 4.99 Å². The van der Waals surface area contributed by atoms with Crippen molar-refractivity contribution in [1.82, 2.24) is 9.80 Å². The number of carbonyl (C=O) groups excluding carboxylic acids is 1. The lowest BCUT2D eigenvalue weighted by molar-refractivity contribution is -0.124. The van der Waals surface area contributed by atoms with Crippen molar-refractivity contribution in [3.8, 4) is 0 Å². The van der Waals surface area contributed by atoms with Gasteiger partial charge in [-0.2, -0.15) is 0 Å². The smallest absolute Gasteiger partial charge is 0.263 e. The molecule has 2 unspecified atom stereocenters. The molecule has 1 aliphatic heterocycles. The maximum atomic E-state index is 13.6. The molecule has 1 aromatic rings. The van der Waals surface area contributed by atoms with Gasteiger partial charge in [0.25, 0.3) is 5.91 Å². The molecule has 0 aromatic heterocycles. The van der Waals surface area contributed by atoms with Crippen LogP contribution in [0, 0.1) is 0 Å². The summed E-state index contributed by atoms with van der Waals surface area (Å²) in [5.74, 6) is 0.245. The van der Waals surface area contributed by atoms with E-state index in [1.54, 1.807) is 13.8 Å². The minimum absolute atomic E-state index is 0.0934. The lowest BCUT2D eigenvalue weighted by Gasteiger charge is -2.34.